The molecule has 0 aliphatic heterocycles. The monoisotopic (exact) mass is 229 g/mol. The van der Waals surface area contributed by atoms with Gasteiger partial charge in [0.25, 0.3) is 6.43 Å². The van der Waals surface area contributed by atoms with Gasteiger partial charge in [-0.15, -0.1) is 0 Å². The summed E-state index contributed by atoms with van der Waals surface area (Å²) in [6.45, 7) is 0. The Morgan fingerprint density at radius 1 is 0.933 bits per heavy atom. The average molecular weight is 229 g/mol. The van der Waals surface area contributed by atoms with E-state index in [-0.39, 0.29) is 6.07 Å². The number of alkyl halides is 2. The van der Waals surface area contributed by atoms with Crippen molar-refractivity contribution in [3.05, 3.63) is 34.9 Å². The summed E-state index contributed by atoms with van der Waals surface area (Å²) in [5.41, 5.74) is 3.68. The van der Waals surface area contributed by atoms with E-state index in [0.717, 1.165) is 0 Å². The molecular weight excluding hydrogens is 224 g/mol. The van der Waals surface area contributed by atoms with E-state index < -0.39 is 41.3 Å². The molecule has 0 saturated heterocycles. The maximum atomic E-state index is 12.9. The van der Waals surface area contributed by atoms with Gasteiger partial charge in [-0.1, -0.05) is 0 Å². The lowest BCUT2D eigenvalue weighted by Crippen LogP contribution is -2.21. The maximum Gasteiger partial charge on any atom is 0.257 e. The Bertz CT molecular complexity index is 378. The van der Waals surface area contributed by atoms with E-state index in [1.54, 1.807) is 0 Å². The van der Waals surface area contributed by atoms with Gasteiger partial charge in [0, 0.05) is 5.56 Å². The van der Waals surface area contributed by atoms with Crippen molar-refractivity contribution in [2.45, 2.75) is 12.5 Å². The first-order chi connectivity index (χ1) is 6.86. The third-order valence-corrected chi connectivity index (χ3v) is 1.76. The minimum atomic E-state index is -3.20. The second kappa shape index (κ2) is 4.09. The second-order valence-corrected chi connectivity index (χ2v) is 2.75. The standard InChI is InChI=1S/C8H5F6N/c9-3-1-2(7(15)8(13)14)4(10)6(12)5(3)11/h1,7-8H,15H2. The zero-order chi connectivity index (χ0) is 11.7. The summed E-state index contributed by atoms with van der Waals surface area (Å²) in [4.78, 5) is 0. The van der Waals surface area contributed by atoms with Crippen LogP contribution in [0.5, 0.6) is 0 Å². The van der Waals surface area contributed by atoms with E-state index in [0.29, 0.717) is 0 Å². The maximum absolute atomic E-state index is 12.9. The molecule has 0 fully saturated rings. The van der Waals surface area contributed by atoms with Crippen LogP contribution >= 0.6 is 0 Å². The molecule has 15 heavy (non-hydrogen) atoms. The van der Waals surface area contributed by atoms with Crippen molar-refractivity contribution in [2.75, 3.05) is 0 Å². The highest BCUT2D eigenvalue weighted by Crippen LogP contribution is 2.25. The van der Waals surface area contributed by atoms with Crippen LogP contribution in [0.1, 0.15) is 11.6 Å². The van der Waals surface area contributed by atoms with Crippen LogP contribution < -0.4 is 5.73 Å². The van der Waals surface area contributed by atoms with E-state index in [1.807, 2.05) is 0 Å². The summed E-state index contributed by atoms with van der Waals surface area (Å²) in [6, 6.07) is -2.08. The minimum Gasteiger partial charge on any atom is -0.319 e. The number of hydrogen-bond donors (Lipinski definition) is 1. The lowest BCUT2D eigenvalue weighted by atomic mass is 10.1. The molecule has 0 radical (unpaired) electrons. The Labute approximate surface area is 80.5 Å². The second-order valence-electron chi connectivity index (χ2n) is 2.75. The fourth-order valence-electron chi connectivity index (χ4n) is 0.969. The molecule has 1 nitrogen and oxygen atoms in total. The molecule has 2 N–H and O–H groups in total. The van der Waals surface area contributed by atoms with E-state index in [1.165, 1.54) is 0 Å². The van der Waals surface area contributed by atoms with Gasteiger partial charge < -0.3 is 5.73 Å². The summed E-state index contributed by atoms with van der Waals surface area (Å²) in [5.74, 6) is -7.87. The van der Waals surface area contributed by atoms with Crippen LogP contribution in [0.2, 0.25) is 0 Å². The highest BCUT2D eigenvalue weighted by atomic mass is 19.3. The molecular formula is C8H5F6N. The van der Waals surface area contributed by atoms with Gasteiger partial charge in [0.15, 0.2) is 23.3 Å². The molecule has 0 aliphatic rings. The van der Waals surface area contributed by atoms with E-state index in [4.69, 9.17) is 5.73 Å². The number of benzene rings is 1. The van der Waals surface area contributed by atoms with Gasteiger partial charge in [-0.2, -0.15) is 0 Å². The zero-order valence-corrected chi connectivity index (χ0v) is 7.08. The normalized spacial score (nSPS) is 13.3. The van der Waals surface area contributed by atoms with Crippen LogP contribution in [0.3, 0.4) is 0 Å². The van der Waals surface area contributed by atoms with Gasteiger partial charge in [0.2, 0.25) is 0 Å². The lowest BCUT2D eigenvalue weighted by Gasteiger charge is -2.12. The van der Waals surface area contributed by atoms with Crippen LogP contribution in [-0.4, -0.2) is 6.43 Å². The fourth-order valence-corrected chi connectivity index (χ4v) is 0.969. The van der Waals surface area contributed by atoms with E-state index >= 15 is 0 Å². The first-order valence-electron chi connectivity index (χ1n) is 3.73. The SMILES string of the molecule is NC(c1cc(F)c(F)c(F)c1F)C(F)F. The van der Waals surface area contributed by atoms with Gasteiger partial charge in [-0.3, -0.25) is 0 Å². The van der Waals surface area contributed by atoms with Gasteiger partial charge in [-0.25, -0.2) is 26.3 Å². The van der Waals surface area contributed by atoms with Crippen LogP contribution in [0.4, 0.5) is 26.3 Å². The Balaban J connectivity index is 3.32. The highest BCUT2D eigenvalue weighted by Gasteiger charge is 2.26. The predicted molar refractivity (Wildman–Crippen MR) is 39.2 cm³/mol. The Kier molecular flexibility index (Phi) is 3.23. The highest BCUT2D eigenvalue weighted by molar-refractivity contribution is 5.25. The van der Waals surface area contributed by atoms with Crippen LogP contribution in [0.15, 0.2) is 6.07 Å². The third-order valence-electron chi connectivity index (χ3n) is 1.76. The van der Waals surface area contributed by atoms with E-state index in [2.05, 4.69) is 0 Å². The fraction of sp³-hybridized carbons (Fsp3) is 0.250. The topological polar surface area (TPSA) is 26.0 Å². The lowest BCUT2D eigenvalue weighted by molar-refractivity contribution is 0.114. The van der Waals surface area contributed by atoms with Crippen molar-refractivity contribution in [3.63, 3.8) is 0 Å². The van der Waals surface area contributed by atoms with Crippen molar-refractivity contribution in [3.8, 4) is 0 Å². The quantitative estimate of drug-likeness (QED) is 0.470. The Morgan fingerprint density at radius 2 is 1.47 bits per heavy atom. The molecule has 0 aliphatic carbocycles. The number of hydrogen-bond acceptors (Lipinski definition) is 1. The molecule has 1 rings (SSSR count). The number of rotatable bonds is 2. The van der Waals surface area contributed by atoms with Crippen molar-refractivity contribution in [1.29, 1.82) is 0 Å². The molecule has 1 unspecified atom stereocenters. The summed E-state index contributed by atoms with van der Waals surface area (Å²) in [7, 11) is 0. The van der Waals surface area contributed by atoms with Crippen molar-refractivity contribution >= 4 is 0 Å². The third kappa shape index (κ3) is 2.06. The molecule has 0 spiro atoms. The first kappa shape index (κ1) is 11.8. The summed E-state index contributed by atoms with van der Waals surface area (Å²) >= 11 is 0. The Hall–Kier alpha value is -1.24. The first-order valence-corrected chi connectivity index (χ1v) is 3.73. The molecule has 1 aromatic carbocycles. The van der Waals surface area contributed by atoms with Crippen LogP contribution in [-0.2, 0) is 0 Å². The molecule has 7 heteroatoms. The molecule has 0 saturated carbocycles. The number of halogens is 6. The van der Waals surface area contributed by atoms with Crippen molar-refractivity contribution in [1.82, 2.24) is 0 Å². The molecule has 0 amide bonds. The number of nitrogens with two attached hydrogens (primary N) is 1. The molecule has 0 aromatic heterocycles. The average Bonchev–Trinajstić information content (AvgIpc) is 2.19. The largest absolute Gasteiger partial charge is 0.319 e. The minimum absolute atomic E-state index is 0.116. The molecule has 0 heterocycles. The van der Waals surface area contributed by atoms with E-state index in [9.17, 15) is 26.3 Å². The summed E-state index contributed by atoms with van der Waals surface area (Å²) < 4.78 is 74.5. The van der Waals surface area contributed by atoms with Crippen LogP contribution in [0.25, 0.3) is 0 Å². The van der Waals surface area contributed by atoms with Crippen molar-refractivity contribution < 1.29 is 26.3 Å². The molecule has 84 valence electrons. The molecule has 1 aromatic rings. The smallest absolute Gasteiger partial charge is 0.257 e. The van der Waals surface area contributed by atoms with Crippen molar-refractivity contribution in [2.24, 2.45) is 5.73 Å². The summed E-state index contributed by atoms with van der Waals surface area (Å²) in [6.07, 6.45) is -3.20. The summed E-state index contributed by atoms with van der Waals surface area (Å²) in [5, 5.41) is 0. The molecule has 0 bridgehead atoms. The predicted octanol–water partition coefficient (Wildman–Crippen LogP) is 2.51. The Morgan fingerprint density at radius 3 is 1.93 bits per heavy atom. The van der Waals surface area contributed by atoms with Gasteiger partial charge >= 0.3 is 0 Å². The zero-order valence-electron chi connectivity index (χ0n) is 7.08. The molecule has 1 atom stereocenters. The van der Waals surface area contributed by atoms with Gasteiger partial charge in [-0.05, 0) is 6.07 Å². The van der Waals surface area contributed by atoms with Gasteiger partial charge in [0.1, 0.15) is 0 Å². The van der Waals surface area contributed by atoms with Gasteiger partial charge in [0.05, 0.1) is 6.04 Å². The van der Waals surface area contributed by atoms with Crippen LogP contribution in [0, 0.1) is 23.3 Å².